The topological polar surface area (TPSA) is 63.8 Å². The van der Waals surface area contributed by atoms with E-state index in [0.717, 1.165) is 6.54 Å². The van der Waals surface area contributed by atoms with Crippen molar-refractivity contribution in [2.75, 3.05) is 26.2 Å². The molecule has 0 bridgehead atoms. The first-order chi connectivity index (χ1) is 17.6. The minimum Gasteiger partial charge on any atom is -0.375 e. The number of ether oxygens (including phenoxy) is 3. The highest BCUT2D eigenvalue weighted by Crippen LogP contribution is 2.42. The molecule has 3 aliphatic heterocycles. The molecule has 4 atom stereocenters. The van der Waals surface area contributed by atoms with E-state index < -0.39 is 24.2 Å². The summed E-state index contributed by atoms with van der Waals surface area (Å²) in [6, 6.07) is -1.40. The van der Waals surface area contributed by atoms with E-state index in [4.69, 9.17) is 14.2 Å². The van der Waals surface area contributed by atoms with Crippen LogP contribution < -0.4 is 16.0 Å². The highest BCUT2D eigenvalue weighted by atomic mass is 19.4. The normalized spacial score (nSPS) is 30.5. The molecule has 3 saturated heterocycles. The highest BCUT2D eigenvalue weighted by Gasteiger charge is 2.46. The zero-order valence-corrected chi connectivity index (χ0v) is 23.9. The highest BCUT2D eigenvalue weighted by molar-refractivity contribution is 5.05. The van der Waals surface area contributed by atoms with Gasteiger partial charge in [-0.1, -0.05) is 0 Å². The molecule has 38 heavy (non-hydrogen) atoms. The van der Waals surface area contributed by atoms with Crippen LogP contribution in [0.1, 0.15) is 86.5 Å². The standard InChI is InChI=1S/C10H19NO.C9H16F3NO.C8H15F2NO/c1-8(2)12-9-3-6-11-10(7-9)4-5-10;1-6(2)14-7-3-4-13-8(5-7)9(10,11)12;1-6(2)12-7-3-4-11-5-8(7,9)10/h8-9,11H,3-7H2,1-2H3;6-8,13H,3-5H2,1-2H3;6-7,11H,3-5H2,1-2H3. The second kappa shape index (κ2) is 14.9. The van der Waals surface area contributed by atoms with Gasteiger partial charge in [-0.25, -0.2) is 8.78 Å². The molecule has 1 spiro atoms. The number of alkyl halides is 5. The summed E-state index contributed by atoms with van der Waals surface area (Å²) in [7, 11) is 0. The maximum absolute atomic E-state index is 13.0. The van der Waals surface area contributed by atoms with Gasteiger partial charge in [0.2, 0.25) is 0 Å². The van der Waals surface area contributed by atoms with E-state index in [9.17, 15) is 22.0 Å². The van der Waals surface area contributed by atoms with Crippen molar-refractivity contribution in [3.8, 4) is 0 Å². The maximum atomic E-state index is 13.0. The van der Waals surface area contributed by atoms with Crippen molar-refractivity contribution in [2.45, 2.75) is 147 Å². The van der Waals surface area contributed by atoms with Gasteiger partial charge in [-0.2, -0.15) is 13.2 Å². The van der Waals surface area contributed by atoms with Crippen molar-refractivity contribution >= 4 is 0 Å². The summed E-state index contributed by atoms with van der Waals surface area (Å²) < 4.78 is 79.4. The molecule has 4 aliphatic rings. The van der Waals surface area contributed by atoms with Crippen molar-refractivity contribution in [1.82, 2.24) is 16.0 Å². The summed E-state index contributed by atoms with van der Waals surface area (Å²) in [6.45, 7) is 13.4. The second-order valence-corrected chi connectivity index (χ2v) is 11.8. The Morgan fingerprint density at radius 2 is 1.34 bits per heavy atom. The molecule has 3 heterocycles. The molecule has 1 saturated carbocycles. The number of hydrogen-bond acceptors (Lipinski definition) is 6. The summed E-state index contributed by atoms with van der Waals surface area (Å²) in [5.41, 5.74) is 0.512. The molecule has 0 aromatic heterocycles. The van der Waals surface area contributed by atoms with E-state index >= 15 is 0 Å². The predicted octanol–water partition coefficient (Wildman–Crippen LogP) is 5.20. The molecule has 226 valence electrons. The van der Waals surface area contributed by atoms with Gasteiger partial charge >= 0.3 is 6.18 Å². The van der Waals surface area contributed by atoms with E-state index in [1.54, 1.807) is 13.8 Å². The summed E-state index contributed by atoms with van der Waals surface area (Å²) in [4.78, 5) is 0. The lowest BCUT2D eigenvalue weighted by Gasteiger charge is -2.32. The first-order valence-corrected chi connectivity index (χ1v) is 14.2. The average Bonchev–Trinajstić information content (AvgIpc) is 3.52. The summed E-state index contributed by atoms with van der Waals surface area (Å²) >= 11 is 0. The zero-order valence-electron chi connectivity index (χ0n) is 23.9. The van der Waals surface area contributed by atoms with Crippen molar-refractivity contribution < 1.29 is 36.2 Å². The van der Waals surface area contributed by atoms with Crippen LogP contribution in [-0.4, -0.2) is 86.5 Å². The Balaban J connectivity index is 0.000000201. The van der Waals surface area contributed by atoms with Gasteiger partial charge in [0, 0.05) is 5.54 Å². The van der Waals surface area contributed by atoms with Crippen molar-refractivity contribution in [3.05, 3.63) is 0 Å². The van der Waals surface area contributed by atoms with Gasteiger partial charge in [-0.3, -0.25) is 0 Å². The number of halogens is 5. The molecule has 4 unspecified atom stereocenters. The number of hydrogen-bond donors (Lipinski definition) is 3. The summed E-state index contributed by atoms with van der Waals surface area (Å²) in [5, 5.41) is 8.70. The van der Waals surface area contributed by atoms with Crippen LogP contribution in [0, 0.1) is 0 Å². The van der Waals surface area contributed by atoms with Crippen molar-refractivity contribution in [3.63, 3.8) is 0 Å². The third-order valence-electron chi connectivity index (χ3n) is 6.97. The van der Waals surface area contributed by atoms with Crippen molar-refractivity contribution in [2.24, 2.45) is 0 Å². The fraction of sp³-hybridized carbons (Fsp3) is 1.00. The fourth-order valence-corrected chi connectivity index (χ4v) is 5.09. The Hall–Kier alpha value is -0.590. The first kappa shape index (κ1) is 33.6. The Morgan fingerprint density at radius 3 is 1.87 bits per heavy atom. The van der Waals surface area contributed by atoms with Crippen LogP contribution in [0.3, 0.4) is 0 Å². The molecule has 0 amide bonds. The number of piperidine rings is 3. The van der Waals surface area contributed by atoms with Crippen LogP contribution in [0.15, 0.2) is 0 Å². The Bertz CT molecular complexity index is 675. The predicted molar refractivity (Wildman–Crippen MR) is 139 cm³/mol. The van der Waals surface area contributed by atoms with Gasteiger partial charge in [-0.05, 0) is 106 Å². The van der Waals surface area contributed by atoms with Crippen LogP contribution in [0.25, 0.3) is 0 Å². The van der Waals surface area contributed by atoms with Crippen LogP contribution in [0.2, 0.25) is 0 Å². The summed E-state index contributed by atoms with van der Waals surface area (Å²) in [5.74, 6) is -2.71. The largest absolute Gasteiger partial charge is 0.403 e. The zero-order chi connectivity index (χ0) is 28.6. The third kappa shape index (κ3) is 12.3. The van der Waals surface area contributed by atoms with E-state index in [1.807, 2.05) is 13.8 Å². The second-order valence-electron chi connectivity index (χ2n) is 11.8. The van der Waals surface area contributed by atoms with Gasteiger partial charge in [0.25, 0.3) is 5.92 Å². The molecule has 11 heteroatoms. The molecule has 4 rings (SSSR count). The average molecular weight is 560 g/mol. The molecule has 0 aromatic carbocycles. The van der Waals surface area contributed by atoms with Crippen molar-refractivity contribution in [1.29, 1.82) is 0 Å². The van der Waals surface area contributed by atoms with E-state index in [-0.39, 0.29) is 31.3 Å². The van der Waals surface area contributed by atoms with Crippen LogP contribution in [0.4, 0.5) is 22.0 Å². The first-order valence-electron chi connectivity index (χ1n) is 14.2. The monoisotopic (exact) mass is 559 g/mol. The van der Waals surface area contributed by atoms with Gasteiger partial charge < -0.3 is 30.2 Å². The Kier molecular flexibility index (Phi) is 13.2. The van der Waals surface area contributed by atoms with Gasteiger partial charge in [0.15, 0.2) is 0 Å². The molecule has 6 nitrogen and oxygen atoms in total. The lowest BCUT2D eigenvalue weighted by molar-refractivity contribution is -0.172. The molecule has 0 radical (unpaired) electrons. The lowest BCUT2D eigenvalue weighted by Crippen LogP contribution is -2.51. The van der Waals surface area contributed by atoms with E-state index in [0.29, 0.717) is 43.7 Å². The molecule has 0 aromatic rings. The third-order valence-corrected chi connectivity index (χ3v) is 6.97. The fourth-order valence-electron chi connectivity index (χ4n) is 5.09. The molecular formula is C27H50F5N3O3. The molecule has 1 aliphatic carbocycles. The molecule has 3 N–H and O–H groups in total. The van der Waals surface area contributed by atoms with Gasteiger partial charge in [0.1, 0.15) is 12.1 Å². The smallest absolute Gasteiger partial charge is 0.375 e. The minimum absolute atomic E-state index is 0.00742. The lowest BCUT2D eigenvalue weighted by atomic mass is 10.00. The van der Waals surface area contributed by atoms with Crippen LogP contribution >= 0.6 is 0 Å². The molecule has 4 fully saturated rings. The Labute approximate surface area is 225 Å². The minimum atomic E-state index is -4.15. The van der Waals surface area contributed by atoms with Crippen LogP contribution in [-0.2, 0) is 14.2 Å². The van der Waals surface area contributed by atoms with Crippen LogP contribution in [0.5, 0.6) is 0 Å². The molecular weight excluding hydrogens is 509 g/mol. The Morgan fingerprint density at radius 1 is 0.763 bits per heavy atom. The SMILES string of the molecule is CC(C)OC1CCNC(C(F)(F)F)C1.CC(C)OC1CCNC2(CC2)C1.CC(C)OC1CCNCC1(F)F. The number of nitrogens with one attached hydrogen (secondary N) is 3. The van der Waals surface area contributed by atoms with Gasteiger partial charge in [0.05, 0.1) is 37.1 Å². The van der Waals surface area contributed by atoms with E-state index in [1.165, 1.54) is 25.7 Å². The summed E-state index contributed by atoms with van der Waals surface area (Å²) in [6.07, 6.45) is 1.71. The number of rotatable bonds is 6. The maximum Gasteiger partial charge on any atom is 0.403 e. The van der Waals surface area contributed by atoms with E-state index in [2.05, 4.69) is 29.8 Å². The quantitative estimate of drug-likeness (QED) is 0.389. The van der Waals surface area contributed by atoms with Gasteiger partial charge in [-0.15, -0.1) is 0 Å².